The van der Waals surface area contributed by atoms with Crippen molar-refractivity contribution < 1.29 is 14.6 Å². The van der Waals surface area contributed by atoms with Crippen molar-refractivity contribution in [2.45, 2.75) is 6.92 Å². The van der Waals surface area contributed by atoms with Crippen LogP contribution in [0.3, 0.4) is 0 Å². The highest BCUT2D eigenvalue weighted by molar-refractivity contribution is 8.18. The summed E-state index contributed by atoms with van der Waals surface area (Å²) >= 11 is 7.17. The molecule has 0 unspecified atom stereocenters. The third-order valence-electron chi connectivity index (χ3n) is 3.38. The summed E-state index contributed by atoms with van der Waals surface area (Å²) in [5, 5.41) is 11.4. The van der Waals surface area contributed by atoms with E-state index in [1.165, 1.54) is 11.8 Å². The number of rotatable bonds is 4. The largest absolute Gasteiger partial charge is 0.506 e. The summed E-state index contributed by atoms with van der Waals surface area (Å²) in [5.74, 6) is -0.789. The topological polar surface area (TPSA) is 71.8 Å². The fourth-order valence-electron chi connectivity index (χ4n) is 2.25. The molecule has 0 saturated heterocycles. The highest BCUT2D eigenvalue weighted by Gasteiger charge is 2.33. The van der Waals surface area contributed by atoms with Gasteiger partial charge in [-0.1, -0.05) is 35.5 Å². The number of carbonyl (C=O) groups excluding carboxylic acids is 1. The van der Waals surface area contributed by atoms with Gasteiger partial charge in [0, 0.05) is 11.2 Å². The Bertz CT molecular complexity index is 923. The van der Waals surface area contributed by atoms with Crippen LogP contribution in [0.1, 0.15) is 12.6 Å². The number of aromatic nitrogens is 1. The van der Waals surface area contributed by atoms with E-state index in [0.717, 1.165) is 0 Å². The van der Waals surface area contributed by atoms with Crippen LogP contribution in [0.25, 0.3) is 6.08 Å². The van der Waals surface area contributed by atoms with Crippen molar-refractivity contribution in [2.75, 3.05) is 6.61 Å². The molecule has 0 aliphatic carbocycles. The molecule has 2 aromatic rings. The van der Waals surface area contributed by atoms with Gasteiger partial charge < -0.3 is 9.84 Å². The molecule has 0 bridgehead atoms. The number of halogens is 1. The van der Waals surface area contributed by atoms with Gasteiger partial charge in [-0.2, -0.15) is 0 Å². The number of ether oxygens (including phenoxy) is 1. The van der Waals surface area contributed by atoms with Crippen molar-refractivity contribution >= 4 is 46.1 Å². The molecule has 1 aromatic heterocycles. The van der Waals surface area contributed by atoms with Crippen LogP contribution in [0.5, 0.6) is 0 Å². The molecule has 0 radical (unpaired) electrons. The molecule has 0 spiro atoms. The zero-order valence-corrected chi connectivity index (χ0v) is 15.4. The first-order valence-electron chi connectivity index (χ1n) is 7.84. The fourth-order valence-corrected chi connectivity index (χ4v) is 3.45. The molecular formula is C19H15ClN2O3S. The molecule has 1 aliphatic rings. The lowest BCUT2D eigenvalue weighted by Crippen LogP contribution is -2.12. The van der Waals surface area contributed by atoms with Crippen molar-refractivity contribution in [1.29, 1.82) is 0 Å². The molecule has 132 valence electrons. The Morgan fingerprint density at radius 1 is 1.35 bits per heavy atom. The molecule has 0 amide bonds. The van der Waals surface area contributed by atoms with Gasteiger partial charge in [0.1, 0.15) is 16.4 Å². The Morgan fingerprint density at radius 2 is 2.19 bits per heavy atom. The van der Waals surface area contributed by atoms with Gasteiger partial charge in [-0.15, -0.1) is 0 Å². The van der Waals surface area contributed by atoms with E-state index in [2.05, 4.69) is 9.98 Å². The normalized spacial score (nSPS) is 17.2. The van der Waals surface area contributed by atoms with Gasteiger partial charge in [-0.3, -0.25) is 4.98 Å². The van der Waals surface area contributed by atoms with Crippen LogP contribution in [0, 0.1) is 0 Å². The highest BCUT2D eigenvalue weighted by Crippen LogP contribution is 2.40. The van der Waals surface area contributed by atoms with Crippen molar-refractivity contribution in [3.05, 3.63) is 75.6 Å². The van der Waals surface area contributed by atoms with E-state index in [-0.39, 0.29) is 17.9 Å². The molecule has 26 heavy (non-hydrogen) atoms. The van der Waals surface area contributed by atoms with Gasteiger partial charge in [-0.25, -0.2) is 9.79 Å². The number of benzene rings is 1. The minimum atomic E-state index is -0.623. The smallest absolute Gasteiger partial charge is 0.344 e. The van der Waals surface area contributed by atoms with E-state index in [9.17, 15) is 9.90 Å². The average Bonchev–Trinajstić information content (AvgIpc) is 2.91. The average molecular weight is 387 g/mol. The Balaban J connectivity index is 2.04. The molecule has 5 nitrogen and oxygen atoms in total. The minimum absolute atomic E-state index is 0.0407. The van der Waals surface area contributed by atoms with Gasteiger partial charge in [0.2, 0.25) is 0 Å². The Hall–Kier alpha value is -2.57. The zero-order valence-electron chi connectivity index (χ0n) is 13.8. The van der Waals surface area contributed by atoms with Crippen LogP contribution < -0.4 is 0 Å². The summed E-state index contributed by atoms with van der Waals surface area (Å²) < 4.78 is 5.07. The standard InChI is InChI=1S/C19H15ClN2O3S/c1-2-25-19(24)16-17(23)15(11-13-7-3-4-9-21-13)26-18(16)22-14-8-5-6-12(20)10-14/h3-11,23H,2H2,1H3. The van der Waals surface area contributed by atoms with Crippen molar-refractivity contribution in [1.82, 2.24) is 4.98 Å². The molecule has 1 aromatic carbocycles. The molecule has 0 fully saturated rings. The monoisotopic (exact) mass is 386 g/mol. The maximum atomic E-state index is 12.3. The lowest BCUT2D eigenvalue weighted by molar-refractivity contribution is -0.138. The quantitative estimate of drug-likeness (QED) is 0.754. The van der Waals surface area contributed by atoms with Gasteiger partial charge in [0.15, 0.2) is 0 Å². The number of nitrogens with zero attached hydrogens (tertiary/aromatic N) is 2. The maximum Gasteiger partial charge on any atom is 0.344 e. The van der Waals surface area contributed by atoms with Crippen LogP contribution in [0.2, 0.25) is 5.02 Å². The lowest BCUT2D eigenvalue weighted by atomic mass is 10.2. The number of carbonyl (C=O) groups is 1. The molecule has 2 heterocycles. The first kappa shape index (κ1) is 18.2. The van der Waals surface area contributed by atoms with Crippen LogP contribution in [0.15, 0.2) is 69.9 Å². The van der Waals surface area contributed by atoms with Crippen LogP contribution >= 0.6 is 23.4 Å². The number of thioether (sulfide) groups is 1. The third kappa shape index (κ3) is 4.15. The van der Waals surface area contributed by atoms with Crippen molar-refractivity contribution in [2.24, 2.45) is 4.99 Å². The van der Waals surface area contributed by atoms with Crippen LogP contribution in [-0.4, -0.2) is 27.7 Å². The zero-order chi connectivity index (χ0) is 18.5. The number of aliphatic imine (C=N–C) groups is 1. The van der Waals surface area contributed by atoms with E-state index in [1.54, 1.807) is 55.6 Å². The maximum absolute atomic E-state index is 12.3. The first-order chi connectivity index (χ1) is 12.6. The van der Waals surface area contributed by atoms with Crippen molar-refractivity contribution in [3.63, 3.8) is 0 Å². The Morgan fingerprint density at radius 3 is 2.88 bits per heavy atom. The van der Waals surface area contributed by atoms with Crippen LogP contribution in [0.4, 0.5) is 5.69 Å². The Kier molecular flexibility index (Phi) is 5.75. The van der Waals surface area contributed by atoms with E-state index in [1.807, 2.05) is 6.07 Å². The summed E-state index contributed by atoms with van der Waals surface area (Å²) in [4.78, 5) is 21.5. The number of hydrogen-bond donors (Lipinski definition) is 1. The highest BCUT2D eigenvalue weighted by atomic mass is 35.5. The Labute approximate surface area is 160 Å². The van der Waals surface area contributed by atoms with E-state index >= 15 is 0 Å². The molecular weight excluding hydrogens is 372 g/mol. The molecule has 1 aliphatic heterocycles. The number of hydrogen-bond acceptors (Lipinski definition) is 6. The predicted octanol–water partition coefficient (Wildman–Crippen LogP) is 4.93. The molecule has 1 N–H and O–H groups in total. The van der Waals surface area contributed by atoms with Crippen molar-refractivity contribution in [3.8, 4) is 0 Å². The summed E-state index contributed by atoms with van der Waals surface area (Å²) in [6, 6.07) is 12.4. The third-order valence-corrected chi connectivity index (χ3v) is 4.63. The van der Waals surface area contributed by atoms with Gasteiger partial charge in [0.25, 0.3) is 0 Å². The SMILES string of the molecule is CCOC(=O)C1=C(O)C(=Cc2ccccn2)SC1=Nc1cccc(Cl)c1. The van der Waals surface area contributed by atoms with Gasteiger partial charge >= 0.3 is 5.97 Å². The van der Waals surface area contributed by atoms with E-state index in [0.29, 0.717) is 26.4 Å². The molecule has 3 rings (SSSR count). The molecule has 7 heteroatoms. The summed E-state index contributed by atoms with van der Waals surface area (Å²) in [6.07, 6.45) is 3.35. The molecule has 0 saturated carbocycles. The number of aliphatic hydroxyl groups excluding tert-OH is 1. The van der Waals surface area contributed by atoms with E-state index < -0.39 is 5.97 Å². The predicted molar refractivity (Wildman–Crippen MR) is 105 cm³/mol. The van der Waals surface area contributed by atoms with Gasteiger partial charge in [-0.05, 0) is 43.3 Å². The van der Waals surface area contributed by atoms with Gasteiger partial charge in [0.05, 0.1) is 22.9 Å². The van der Waals surface area contributed by atoms with Crippen LogP contribution in [-0.2, 0) is 9.53 Å². The molecule has 0 atom stereocenters. The second-order valence-electron chi connectivity index (χ2n) is 5.21. The lowest BCUT2D eigenvalue weighted by Gasteiger charge is -2.04. The number of aliphatic hydroxyl groups is 1. The number of pyridine rings is 1. The minimum Gasteiger partial charge on any atom is -0.506 e. The number of esters is 1. The first-order valence-corrected chi connectivity index (χ1v) is 9.04. The summed E-state index contributed by atoms with van der Waals surface area (Å²) in [7, 11) is 0. The van der Waals surface area contributed by atoms with E-state index in [4.69, 9.17) is 16.3 Å². The second kappa shape index (κ2) is 8.21. The fraction of sp³-hybridized carbons (Fsp3) is 0.105. The summed E-state index contributed by atoms with van der Waals surface area (Å²) in [6.45, 7) is 1.90. The summed E-state index contributed by atoms with van der Waals surface area (Å²) in [5.41, 5.74) is 1.28. The second-order valence-corrected chi connectivity index (χ2v) is 6.67.